The lowest BCUT2D eigenvalue weighted by atomic mass is 9.99. The Kier molecular flexibility index (Phi) is 3.52. The average molecular weight is 293 g/mol. The molecule has 2 aromatic rings. The van der Waals surface area contributed by atoms with Gasteiger partial charge in [-0.2, -0.15) is 0 Å². The molecule has 2 nitrogen and oxygen atoms in total. The van der Waals surface area contributed by atoms with E-state index in [1.807, 2.05) is 23.5 Å². The van der Waals surface area contributed by atoms with Gasteiger partial charge in [0.25, 0.3) is 0 Å². The lowest BCUT2D eigenvalue weighted by Crippen LogP contribution is -2.34. The number of benzene rings is 1. The lowest BCUT2D eigenvalue weighted by molar-refractivity contribution is 0.630. The average Bonchev–Trinajstić information content (AvgIpc) is 2.88. The predicted octanol–water partition coefficient (Wildman–Crippen LogP) is 3.98. The molecule has 1 aromatic carbocycles. The molecule has 0 saturated carbocycles. The highest BCUT2D eigenvalue weighted by Gasteiger charge is 2.26. The zero-order chi connectivity index (χ0) is 13.4. The molecule has 1 aliphatic heterocycles. The molecule has 0 amide bonds. The van der Waals surface area contributed by atoms with Crippen LogP contribution in [0.2, 0.25) is 5.02 Å². The number of anilines is 1. The summed E-state index contributed by atoms with van der Waals surface area (Å²) in [5, 5.41) is 2.95. The van der Waals surface area contributed by atoms with Crippen molar-refractivity contribution in [3.63, 3.8) is 0 Å². The fraction of sp³-hybridized carbons (Fsp3) is 0.333. The molecule has 0 fully saturated rings. The monoisotopic (exact) mass is 292 g/mol. The van der Waals surface area contributed by atoms with Gasteiger partial charge in [0.1, 0.15) is 0 Å². The highest BCUT2D eigenvalue weighted by molar-refractivity contribution is 7.10. The Morgan fingerprint density at radius 2 is 2.26 bits per heavy atom. The number of hydrogen-bond acceptors (Lipinski definition) is 3. The Morgan fingerprint density at radius 1 is 1.42 bits per heavy atom. The Bertz CT molecular complexity index is 594. The minimum absolute atomic E-state index is 0.388. The number of nitrogens with two attached hydrogens (primary N) is 1. The van der Waals surface area contributed by atoms with Gasteiger partial charge in [-0.05, 0) is 42.5 Å². The van der Waals surface area contributed by atoms with Gasteiger partial charge in [-0.3, -0.25) is 0 Å². The number of nitrogens with zero attached hydrogens (tertiary/aromatic N) is 1. The van der Waals surface area contributed by atoms with Crippen molar-refractivity contribution < 1.29 is 0 Å². The van der Waals surface area contributed by atoms with E-state index in [0.29, 0.717) is 12.6 Å². The third kappa shape index (κ3) is 2.16. The molecule has 1 atom stereocenters. The van der Waals surface area contributed by atoms with Crippen molar-refractivity contribution in [2.45, 2.75) is 25.9 Å². The van der Waals surface area contributed by atoms with Crippen LogP contribution in [0.25, 0.3) is 0 Å². The molecule has 3 rings (SSSR count). The molecular formula is C15H17ClN2S. The topological polar surface area (TPSA) is 29.3 Å². The van der Waals surface area contributed by atoms with Gasteiger partial charge in [0.15, 0.2) is 0 Å². The molecule has 19 heavy (non-hydrogen) atoms. The van der Waals surface area contributed by atoms with E-state index in [0.717, 1.165) is 23.6 Å². The number of hydrogen-bond donors (Lipinski definition) is 1. The van der Waals surface area contributed by atoms with E-state index in [1.165, 1.54) is 16.1 Å². The van der Waals surface area contributed by atoms with Crippen LogP contribution in [-0.4, -0.2) is 6.54 Å². The van der Waals surface area contributed by atoms with Gasteiger partial charge < -0.3 is 10.6 Å². The molecule has 0 spiro atoms. The number of halogens is 1. The smallest absolute Gasteiger partial charge is 0.0525 e. The maximum atomic E-state index is 6.27. The zero-order valence-corrected chi connectivity index (χ0v) is 12.5. The van der Waals surface area contributed by atoms with Crippen molar-refractivity contribution in [1.29, 1.82) is 0 Å². The van der Waals surface area contributed by atoms with E-state index in [2.05, 4.69) is 29.3 Å². The summed E-state index contributed by atoms with van der Waals surface area (Å²) in [6.07, 6.45) is 1.11. The summed E-state index contributed by atoms with van der Waals surface area (Å²) >= 11 is 8.13. The van der Waals surface area contributed by atoms with Crippen LogP contribution in [0.15, 0.2) is 29.6 Å². The van der Waals surface area contributed by atoms with Gasteiger partial charge >= 0.3 is 0 Å². The predicted molar refractivity (Wildman–Crippen MR) is 83.1 cm³/mol. The second-order valence-electron chi connectivity index (χ2n) is 4.86. The molecule has 1 aromatic heterocycles. The Hall–Kier alpha value is -1.03. The molecule has 2 heterocycles. The highest BCUT2D eigenvalue weighted by Crippen LogP contribution is 2.38. The first kappa shape index (κ1) is 13.0. The van der Waals surface area contributed by atoms with E-state index >= 15 is 0 Å². The third-order valence-corrected chi connectivity index (χ3v) is 5.24. The standard InChI is InChI=1S/C15H17ClN2S/c1-10-11-6-8-19-15(11)5-7-18(10)14-4-2-3-13(16)12(14)9-17/h2-4,6,8,10H,5,7,9,17H2,1H3. The number of thiophene rings is 1. The Labute approximate surface area is 122 Å². The molecule has 0 bridgehead atoms. The van der Waals surface area contributed by atoms with Crippen LogP contribution in [0.5, 0.6) is 0 Å². The van der Waals surface area contributed by atoms with E-state index < -0.39 is 0 Å². The number of rotatable bonds is 2. The zero-order valence-electron chi connectivity index (χ0n) is 10.9. The fourth-order valence-corrected chi connectivity index (χ4v) is 4.07. The van der Waals surface area contributed by atoms with Crippen LogP contribution in [0.1, 0.15) is 29.0 Å². The first-order chi connectivity index (χ1) is 9.22. The van der Waals surface area contributed by atoms with E-state index in [9.17, 15) is 0 Å². The van der Waals surface area contributed by atoms with Gasteiger partial charge in [0, 0.05) is 34.2 Å². The fourth-order valence-electron chi connectivity index (χ4n) is 2.86. The Morgan fingerprint density at radius 3 is 3.05 bits per heavy atom. The summed E-state index contributed by atoms with van der Waals surface area (Å²) in [4.78, 5) is 3.93. The SMILES string of the molecule is CC1c2ccsc2CCN1c1cccc(Cl)c1CN. The number of fused-ring (bicyclic) bond motifs is 1. The lowest BCUT2D eigenvalue weighted by Gasteiger charge is -2.37. The normalized spacial score (nSPS) is 18.5. The van der Waals surface area contributed by atoms with Crippen molar-refractivity contribution >= 4 is 28.6 Å². The molecule has 2 N–H and O–H groups in total. The summed E-state index contributed by atoms with van der Waals surface area (Å²) in [6.45, 7) is 3.77. The van der Waals surface area contributed by atoms with E-state index in [4.69, 9.17) is 17.3 Å². The summed E-state index contributed by atoms with van der Waals surface area (Å²) in [5.41, 5.74) is 9.54. The summed E-state index contributed by atoms with van der Waals surface area (Å²) < 4.78 is 0. The van der Waals surface area contributed by atoms with Crippen LogP contribution in [0.4, 0.5) is 5.69 Å². The van der Waals surface area contributed by atoms with Crippen LogP contribution in [0, 0.1) is 0 Å². The van der Waals surface area contributed by atoms with Gasteiger partial charge in [-0.25, -0.2) is 0 Å². The van der Waals surface area contributed by atoms with Crippen molar-refractivity contribution in [2.75, 3.05) is 11.4 Å². The molecule has 100 valence electrons. The molecule has 0 saturated heterocycles. The molecule has 0 aliphatic carbocycles. The van der Waals surface area contributed by atoms with Crippen molar-refractivity contribution in [1.82, 2.24) is 0 Å². The van der Waals surface area contributed by atoms with Gasteiger partial charge in [-0.15, -0.1) is 11.3 Å². The first-order valence-electron chi connectivity index (χ1n) is 6.52. The molecule has 1 aliphatic rings. The third-order valence-electron chi connectivity index (χ3n) is 3.88. The van der Waals surface area contributed by atoms with Crippen molar-refractivity contribution in [2.24, 2.45) is 5.73 Å². The highest BCUT2D eigenvalue weighted by atomic mass is 35.5. The maximum absolute atomic E-state index is 6.27. The molecule has 0 radical (unpaired) electrons. The first-order valence-corrected chi connectivity index (χ1v) is 7.78. The minimum atomic E-state index is 0.388. The second-order valence-corrected chi connectivity index (χ2v) is 6.27. The largest absolute Gasteiger partial charge is 0.364 e. The minimum Gasteiger partial charge on any atom is -0.364 e. The van der Waals surface area contributed by atoms with Crippen molar-refractivity contribution in [3.8, 4) is 0 Å². The summed E-state index contributed by atoms with van der Waals surface area (Å²) in [5.74, 6) is 0. The molecular weight excluding hydrogens is 276 g/mol. The molecule has 1 unspecified atom stereocenters. The Balaban J connectivity index is 2.02. The van der Waals surface area contributed by atoms with Gasteiger partial charge in [0.2, 0.25) is 0 Å². The summed E-state index contributed by atoms with van der Waals surface area (Å²) in [6, 6.07) is 8.68. The van der Waals surface area contributed by atoms with Crippen LogP contribution >= 0.6 is 22.9 Å². The van der Waals surface area contributed by atoms with Crippen LogP contribution in [-0.2, 0) is 13.0 Å². The van der Waals surface area contributed by atoms with Crippen molar-refractivity contribution in [3.05, 3.63) is 50.7 Å². The van der Waals surface area contributed by atoms with Crippen LogP contribution in [0.3, 0.4) is 0 Å². The molecule has 4 heteroatoms. The van der Waals surface area contributed by atoms with E-state index in [-0.39, 0.29) is 0 Å². The van der Waals surface area contributed by atoms with Crippen LogP contribution < -0.4 is 10.6 Å². The van der Waals surface area contributed by atoms with Gasteiger partial charge in [0.05, 0.1) is 6.04 Å². The van der Waals surface area contributed by atoms with E-state index in [1.54, 1.807) is 0 Å². The van der Waals surface area contributed by atoms with Gasteiger partial charge in [-0.1, -0.05) is 17.7 Å². The summed E-state index contributed by atoms with van der Waals surface area (Å²) in [7, 11) is 0. The maximum Gasteiger partial charge on any atom is 0.0525 e. The second kappa shape index (κ2) is 5.16. The quantitative estimate of drug-likeness (QED) is 0.907.